The second-order valence-electron chi connectivity index (χ2n) is 8.01. The molecule has 1 aromatic heterocycles. The van der Waals surface area contributed by atoms with Gasteiger partial charge in [0.05, 0.1) is 26.5 Å². The Hall–Kier alpha value is -4.52. The summed E-state index contributed by atoms with van der Waals surface area (Å²) in [4.78, 5) is 26.5. The van der Waals surface area contributed by atoms with Crippen LogP contribution in [0.5, 0.6) is 11.5 Å². The number of hydrogen-bond donors (Lipinski definition) is 1. The van der Waals surface area contributed by atoms with Crippen molar-refractivity contribution in [3.63, 3.8) is 0 Å². The van der Waals surface area contributed by atoms with E-state index in [9.17, 15) is 9.59 Å². The van der Waals surface area contributed by atoms with Crippen molar-refractivity contribution in [2.75, 3.05) is 26.1 Å². The minimum absolute atomic E-state index is 0.207. The summed E-state index contributed by atoms with van der Waals surface area (Å²) in [7, 11) is 3.17. The first kappa shape index (κ1) is 24.6. The lowest BCUT2D eigenvalue weighted by Crippen LogP contribution is -2.18. The van der Waals surface area contributed by atoms with Crippen LogP contribution in [-0.4, -0.2) is 37.3 Å². The number of carbonyl (C=O) groups is 2. The Labute approximate surface area is 210 Å². The predicted octanol–water partition coefficient (Wildman–Crippen LogP) is 5.65. The number of amides is 1. The van der Waals surface area contributed by atoms with Gasteiger partial charge in [-0.1, -0.05) is 42.5 Å². The molecule has 0 atom stereocenters. The predicted molar refractivity (Wildman–Crippen MR) is 139 cm³/mol. The molecule has 0 saturated heterocycles. The Morgan fingerprint density at radius 1 is 0.833 bits per heavy atom. The maximum Gasteiger partial charge on any atom is 0.357 e. The average molecular weight is 485 g/mol. The molecule has 0 fully saturated rings. The van der Waals surface area contributed by atoms with Crippen LogP contribution in [0.4, 0.5) is 5.69 Å². The van der Waals surface area contributed by atoms with Crippen molar-refractivity contribution in [1.29, 1.82) is 0 Å². The van der Waals surface area contributed by atoms with Gasteiger partial charge < -0.3 is 24.1 Å². The number of benzene rings is 3. The second-order valence-corrected chi connectivity index (χ2v) is 8.01. The molecular weight excluding hydrogens is 456 g/mol. The normalized spacial score (nSPS) is 10.5. The maximum absolute atomic E-state index is 13.3. The average Bonchev–Trinajstić information content (AvgIpc) is 3.26. The quantitative estimate of drug-likeness (QED) is 0.311. The molecule has 0 aliphatic carbocycles. The standard InChI is InChI=1S/C29H28N2O5/c1-4-36-29(33)27-26(30-28(32)22-12-16-24(35-3)17-13-22)25(21-10-14-23(34-2)15-11-21)19-31(27)18-20-8-6-5-7-9-20/h5-17,19H,4,18H2,1-3H3,(H,30,32). The van der Waals surface area contributed by atoms with Gasteiger partial charge in [-0.15, -0.1) is 0 Å². The van der Waals surface area contributed by atoms with Crippen LogP contribution in [0.15, 0.2) is 85.1 Å². The van der Waals surface area contributed by atoms with E-state index in [1.165, 1.54) is 0 Å². The molecule has 7 heteroatoms. The van der Waals surface area contributed by atoms with Gasteiger partial charge in [-0.05, 0) is 54.4 Å². The van der Waals surface area contributed by atoms with Crippen LogP contribution in [0.2, 0.25) is 0 Å². The van der Waals surface area contributed by atoms with Crippen LogP contribution in [-0.2, 0) is 11.3 Å². The maximum atomic E-state index is 13.3. The minimum Gasteiger partial charge on any atom is -0.497 e. The lowest BCUT2D eigenvalue weighted by molar-refractivity contribution is 0.0515. The highest BCUT2D eigenvalue weighted by Gasteiger charge is 2.26. The number of ether oxygens (including phenoxy) is 3. The third-order valence-corrected chi connectivity index (χ3v) is 5.73. The van der Waals surface area contributed by atoms with Crippen LogP contribution < -0.4 is 14.8 Å². The summed E-state index contributed by atoms with van der Waals surface area (Å²) in [5, 5.41) is 2.97. The Kier molecular flexibility index (Phi) is 7.70. The number of nitrogens with one attached hydrogen (secondary N) is 1. The summed E-state index contributed by atoms with van der Waals surface area (Å²) >= 11 is 0. The monoisotopic (exact) mass is 484 g/mol. The number of methoxy groups -OCH3 is 2. The van der Waals surface area contributed by atoms with E-state index in [2.05, 4.69) is 5.32 Å². The fraction of sp³-hybridized carbons (Fsp3) is 0.172. The van der Waals surface area contributed by atoms with Crippen LogP contribution >= 0.6 is 0 Å². The van der Waals surface area contributed by atoms with Gasteiger partial charge >= 0.3 is 5.97 Å². The zero-order chi connectivity index (χ0) is 25.5. The molecule has 0 radical (unpaired) electrons. The Morgan fingerprint density at radius 3 is 2.03 bits per heavy atom. The highest BCUT2D eigenvalue weighted by Crippen LogP contribution is 2.35. The largest absolute Gasteiger partial charge is 0.497 e. The summed E-state index contributed by atoms with van der Waals surface area (Å²) < 4.78 is 17.7. The molecule has 0 saturated carbocycles. The van der Waals surface area contributed by atoms with Crippen LogP contribution in [0, 0.1) is 0 Å². The molecule has 0 unspecified atom stereocenters. The first-order chi connectivity index (χ1) is 17.5. The lowest BCUT2D eigenvalue weighted by Gasteiger charge is -2.13. The Morgan fingerprint density at radius 2 is 1.44 bits per heavy atom. The Bertz CT molecular complexity index is 1330. The molecule has 1 heterocycles. The van der Waals surface area contributed by atoms with Crippen molar-refractivity contribution in [1.82, 2.24) is 4.57 Å². The molecule has 1 N–H and O–H groups in total. The van der Waals surface area contributed by atoms with Gasteiger partial charge in [0.15, 0.2) is 5.69 Å². The molecule has 0 bridgehead atoms. The van der Waals surface area contributed by atoms with Gasteiger partial charge in [0, 0.05) is 23.9 Å². The number of nitrogens with zero attached hydrogens (tertiary/aromatic N) is 1. The molecule has 0 spiro atoms. The summed E-state index contributed by atoms with van der Waals surface area (Å²) in [6.07, 6.45) is 1.87. The Balaban J connectivity index is 1.83. The zero-order valence-corrected chi connectivity index (χ0v) is 20.5. The van der Waals surface area contributed by atoms with Crippen molar-refractivity contribution in [2.45, 2.75) is 13.5 Å². The van der Waals surface area contributed by atoms with Crippen LogP contribution in [0.3, 0.4) is 0 Å². The van der Waals surface area contributed by atoms with Gasteiger partial charge in [0.2, 0.25) is 0 Å². The minimum atomic E-state index is -0.516. The van der Waals surface area contributed by atoms with Gasteiger partial charge in [0.25, 0.3) is 5.91 Å². The molecular formula is C29H28N2O5. The molecule has 1 amide bonds. The fourth-order valence-corrected chi connectivity index (χ4v) is 3.92. The zero-order valence-electron chi connectivity index (χ0n) is 20.5. The molecule has 4 rings (SSSR count). The molecule has 36 heavy (non-hydrogen) atoms. The number of hydrogen-bond acceptors (Lipinski definition) is 5. The van der Waals surface area contributed by atoms with Crippen molar-refractivity contribution in [2.24, 2.45) is 0 Å². The summed E-state index contributed by atoms with van der Waals surface area (Å²) in [5.41, 5.74) is 3.61. The van der Waals surface area contributed by atoms with Gasteiger partial charge in [-0.3, -0.25) is 4.79 Å². The van der Waals surface area contributed by atoms with E-state index >= 15 is 0 Å². The van der Waals surface area contributed by atoms with E-state index in [1.807, 2.05) is 65.4 Å². The van der Waals surface area contributed by atoms with Crippen LogP contribution in [0.25, 0.3) is 11.1 Å². The van der Waals surface area contributed by atoms with Gasteiger partial charge in [-0.2, -0.15) is 0 Å². The van der Waals surface area contributed by atoms with Gasteiger partial charge in [-0.25, -0.2) is 4.79 Å². The van der Waals surface area contributed by atoms with Crippen LogP contribution in [0.1, 0.15) is 33.3 Å². The summed E-state index contributed by atoms with van der Waals surface area (Å²) in [6, 6.07) is 24.0. The van der Waals surface area contributed by atoms with Crippen molar-refractivity contribution >= 4 is 17.6 Å². The fourth-order valence-electron chi connectivity index (χ4n) is 3.92. The topological polar surface area (TPSA) is 78.8 Å². The number of rotatable bonds is 9. The molecule has 7 nitrogen and oxygen atoms in total. The van der Waals surface area contributed by atoms with Gasteiger partial charge in [0.1, 0.15) is 11.5 Å². The highest BCUT2D eigenvalue weighted by molar-refractivity contribution is 6.10. The van der Waals surface area contributed by atoms with E-state index in [0.29, 0.717) is 34.9 Å². The van der Waals surface area contributed by atoms with E-state index in [1.54, 1.807) is 45.4 Å². The third-order valence-electron chi connectivity index (χ3n) is 5.73. The van der Waals surface area contributed by atoms with E-state index < -0.39 is 5.97 Å². The SMILES string of the molecule is CCOC(=O)c1c(NC(=O)c2ccc(OC)cc2)c(-c2ccc(OC)cc2)cn1Cc1ccccc1. The number of esters is 1. The molecule has 184 valence electrons. The molecule has 4 aromatic rings. The van der Waals surface area contributed by atoms with E-state index in [-0.39, 0.29) is 18.2 Å². The number of carbonyl (C=O) groups excluding carboxylic acids is 2. The first-order valence-corrected chi connectivity index (χ1v) is 11.6. The van der Waals surface area contributed by atoms with Crippen molar-refractivity contribution < 1.29 is 23.8 Å². The molecule has 0 aliphatic heterocycles. The molecule has 3 aromatic carbocycles. The number of aromatic nitrogens is 1. The highest BCUT2D eigenvalue weighted by atomic mass is 16.5. The third kappa shape index (κ3) is 5.41. The van der Waals surface area contributed by atoms with E-state index in [0.717, 1.165) is 11.1 Å². The van der Waals surface area contributed by atoms with Crippen molar-refractivity contribution in [3.05, 3.63) is 102 Å². The summed E-state index contributed by atoms with van der Waals surface area (Å²) in [6.45, 7) is 2.39. The summed E-state index contributed by atoms with van der Waals surface area (Å²) in [5.74, 6) is 0.484. The molecule has 0 aliphatic rings. The lowest BCUT2D eigenvalue weighted by atomic mass is 10.1. The number of anilines is 1. The second kappa shape index (κ2) is 11.3. The first-order valence-electron chi connectivity index (χ1n) is 11.6. The smallest absolute Gasteiger partial charge is 0.357 e. The van der Waals surface area contributed by atoms with Crippen molar-refractivity contribution in [3.8, 4) is 22.6 Å². The van der Waals surface area contributed by atoms with E-state index in [4.69, 9.17) is 14.2 Å².